The third-order valence-corrected chi connectivity index (χ3v) is 2.75. The van der Waals surface area contributed by atoms with E-state index in [2.05, 4.69) is 10.6 Å². The van der Waals surface area contributed by atoms with Crippen LogP contribution in [-0.4, -0.2) is 29.2 Å². The second-order valence-electron chi connectivity index (χ2n) is 4.46. The Bertz CT molecular complexity index is 264. The first-order valence-corrected chi connectivity index (χ1v) is 5.84. The molecule has 0 aromatic carbocycles. The van der Waals surface area contributed by atoms with Crippen molar-refractivity contribution in [2.24, 2.45) is 5.92 Å². The van der Waals surface area contributed by atoms with E-state index in [-0.39, 0.29) is 18.0 Å². The highest BCUT2D eigenvalue weighted by molar-refractivity contribution is 5.83. The lowest BCUT2D eigenvalue weighted by molar-refractivity contribution is -0.139. The number of hydrogen-bond acceptors (Lipinski definition) is 2. The van der Waals surface area contributed by atoms with Gasteiger partial charge < -0.3 is 15.7 Å². The number of amides is 2. The van der Waals surface area contributed by atoms with Gasteiger partial charge in [0, 0.05) is 6.04 Å². The van der Waals surface area contributed by atoms with Crippen LogP contribution in [0.15, 0.2) is 0 Å². The maximum Gasteiger partial charge on any atom is 0.326 e. The molecule has 1 rings (SSSR count). The van der Waals surface area contributed by atoms with Crippen LogP contribution >= 0.6 is 0 Å². The van der Waals surface area contributed by atoms with Crippen LogP contribution in [0.25, 0.3) is 0 Å². The van der Waals surface area contributed by atoms with Gasteiger partial charge in [-0.3, -0.25) is 0 Å². The summed E-state index contributed by atoms with van der Waals surface area (Å²) < 4.78 is 0. The van der Waals surface area contributed by atoms with Gasteiger partial charge >= 0.3 is 12.0 Å². The quantitative estimate of drug-likeness (QED) is 0.642. The van der Waals surface area contributed by atoms with Crippen molar-refractivity contribution >= 4 is 12.0 Å². The number of carboxylic acids is 1. The zero-order valence-corrected chi connectivity index (χ0v) is 9.82. The standard InChI is InChI=1S/C11H20N2O3/c1-3-4-7(2)12-11(16)13-9(10(14)15)8-5-6-8/h7-9H,3-6H2,1-2H3,(H,14,15)(H2,12,13,16). The molecule has 3 N–H and O–H groups in total. The van der Waals surface area contributed by atoms with E-state index >= 15 is 0 Å². The van der Waals surface area contributed by atoms with Gasteiger partial charge in [0.2, 0.25) is 0 Å². The van der Waals surface area contributed by atoms with E-state index in [1.165, 1.54) is 0 Å². The number of nitrogens with one attached hydrogen (secondary N) is 2. The molecule has 92 valence electrons. The van der Waals surface area contributed by atoms with Crippen molar-refractivity contribution in [3.8, 4) is 0 Å². The van der Waals surface area contributed by atoms with Crippen LogP contribution in [0, 0.1) is 5.92 Å². The summed E-state index contributed by atoms with van der Waals surface area (Å²) in [6, 6.07) is -1.02. The van der Waals surface area contributed by atoms with Crippen molar-refractivity contribution in [1.82, 2.24) is 10.6 Å². The fourth-order valence-corrected chi connectivity index (χ4v) is 1.72. The molecular weight excluding hydrogens is 208 g/mol. The maximum absolute atomic E-state index is 11.5. The minimum atomic E-state index is -0.944. The predicted molar refractivity (Wildman–Crippen MR) is 60.2 cm³/mol. The smallest absolute Gasteiger partial charge is 0.326 e. The number of carbonyl (C=O) groups is 2. The van der Waals surface area contributed by atoms with Gasteiger partial charge in [-0.05, 0) is 32.1 Å². The molecule has 0 saturated heterocycles. The average molecular weight is 228 g/mol. The van der Waals surface area contributed by atoms with Gasteiger partial charge in [-0.15, -0.1) is 0 Å². The highest BCUT2D eigenvalue weighted by atomic mass is 16.4. The van der Waals surface area contributed by atoms with E-state index in [9.17, 15) is 9.59 Å². The van der Waals surface area contributed by atoms with Crippen molar-refractivity contribution in [2.75, 3.05) is 0 Å². The number of carbonyl (C=O) groups excluding carboxylic acids is 1. The topological polar surface area (TPSA) is 78.4 Å². The SMILES string of the molecule is CCCC(C)NC(=O)NC(C(=O)O)C1CC1. The molecule has 0 spiro atoms. The molecule has 1 aliphatic carbocycles. The lowest BCUT2D eigenvalue weighted by Gasteiger charge is -2.17. The van der Waals surface area contributed by atoms with Gasteiger partial charge in [0.05, 0.1) is 0 Å². The number of carboxylic acid groups (broad SMARTS) is 1. The molecule has 1 saturated carbocycles. The van der Waals surface area contributed by atoms with E-state index in [4.69, 9.17) is 5.11 Å². The van der Waals surface area contributed by atoms with Crippen molar-refractivity contribution in [3.63, 3.8) is 0 Å². The first kappa shape index (κ1) is 12.8. The molecule has 0 heterocycles. The highest BCUT2D eigenvalue weighted by Gasteiger charge is 2.37. The van der Waals surface area contributed by atoms with E-state index in [1.54, 1.807) is 0 Å². The molecule has 0 bridgehead atoms. The second kappa shape index (κ2) is 5.72. The summed E-state index contributed by atoms with van der Waals surface area (Å²) in [7, 11) is 0. The third-order valence-electron chi connectivity index (χ3n) is 2.75. The third kappa shape index (κ3) is 4.08. The van der Waals surface area contributed by atoms with Crippen molar-refractivity contribution in [3.05, 3.63) is 0 Å². The summed E-state index contributed by atoms with van der Waals surface area (Å²) >= 11 is 0. The number of aliphatic carboxylic acids is 1. The molecule has 0 radical (unpaired) electrons. The summed E-state index contributed by atoms with van der Waals surface area (Å²) in [4.78, 5) is 22.4. The monoisotopic (exact) mass is 228 g/mol. The molecule has 0 aromatic rings. The number of hydrogen-bond donors (Lipinski definition) is 3. The lowest BCUT2D eigenvalue weighted by atomic mass is 10.2. The number of rotatable bonds is 6. The molecular formula is C11H20N2O3. The molecule has 2 atom stereocenters. The normalized spacial score (nSPS) is 18.6. The van der Waals surface area contributed by atoms with E-state index in [1.807, 2.05) is 13.8 Å². The molecule has 2 amide bonds. The summed E-state index contributed by atoms with van der Waals surface area (Å²) in [6.45, 7) is 3.95. The fourth-order valence-electron chi connectivity index (χ4n) is 1.72. The first-order chi connectivity index (χ1) is 7.54. The summed E-state index contributed by atoms with van der Waals surface area (Å²) in [5.74, 6) is -0.828. The Labute approximate surface area is 95.6 Å². The molecule has 5 nitrogen and oxygen atoms in total. The Hall–Kier alpha value is -1.26. The van der Waals surface area contributed by atoms with Gasteiger partial charge in [-0.1, -0.05) is 13.3 Å². The fraction of sp³-hybridized carbons (Fsp3) is 0.818. The zero-order chi connectivity index (χ0) is 12.1. The van der Waals surface area contributed by atoms with Crippen LogP contribution in [0.4, 0.5) is 4.79 Å². The van der Waals surface area contributed by atoms with Crippen LogP contribution in [-0.2, 0) is 4.79 Å². The van der Waals surface area contributed by atoms with Gasteiger partial charge in [0.25, 0.3) is 0 Å². The molecule has 0 aromatic heterocycles. The largest absolute Gasteiger partial charge is 0.480 e. The molecule has 1 aliphatic rings. The molecule has 5 heteroatoms. The van der Waals surface area contributed by atoms with Gasteiger partial charge in [0.1, 0.15) is 6.04 Å². The van der Waals surface area contributed by atoms with Crippen LogP contribution in [0.2, 0.25) is 0 Å². The Balaban J connectivity index is 2.33. The predicted octanol–water partition coefficient (Wildman–Crippen LogP) is 1.34. The molecule has 2 unspecified atom stereocenters. The van der Waals surface area contributed by atoms with Gasteiger partial charge in [-0.25, -0.2) is 9.59 Å². The van der Waals surface area contributed by atoms with Crippen LogP contribution in [0.1, 0.15) is 39.5 Å². The summed E-state index contributed by atoms with van der Waals surface area (Å²) in [5, 5.41) is 14.2. The van der Waals surface area contributed by atoms with Crippen molar-refractivity contribution in [1.29, 1.82) is 0 Å². The minimum Gasteiger partial charge on any atom is -0.480 e. The second-order valence-corrected chi connectivity index (χ2v) is 4.46. The highest BCUT2D eigenvalue weighted by Crippen LogP contribution is 2.32. The maximum atomic E-state index is 11.5. The minimum absolute atomic E-state index is 0.0821. The van der Waals surface area contributed by atoms with Crippen LogP contribution in [0.3, 0.4) is 0 Å². The Kier molecular flexibility index (Phi) is 4.58. The van der Waals surface area contributed by atoms with E-state index in [0.717, 1.165) is 25.7 Å². The Morgan fingerprint density at radius 1 is 1.38 bits per heavy atom. The molecule has 0 aliphatic heterocycles. The van der Waals surface area contributed by atoms with E-state index in [0.29, 0.717) is 0 Å². The summed E-state index contributed by atoms with van der Waals surface area (Å²) in [6.07, 6.45) is 3.67. The number of urea groups is 1. The van der Waals surface area contributed by atoms with Crippen molar-refractivity contribution < 1.29 is 14.7 Å². The zero-order valence-electron chi connectivity index (χ0n) is 9.82. The lowest BCUT2D eigenvalue weighted by Crippen LogP contribution is -2.49. The van der Waals surface area contributed by atoms with Crippen molar-refractivity contribution in [2.45, 2.75) is 51.6 Å². The molecule has 1 fully saturated rings. The van der Waals surface area contributed by atoms with Gasteiger partial charge in [-0.2, -0.15) is 0 Å². The Morgan fingerprint density at radius 3 is 2.44 bits per heavy atom. The molecule has 16 heavy (non-hydrogen) atoms. The van der Waals surface area contributed by atoms with Crippen LogP contribution in [0.5, 0.6) is 0 Å². The van der Waals surface area contributed by atoms with Crippen LogP contribution < -0.4 is 10.6 Å². The Morgan fingerprint density at radius 2 is 2.00 bits per heavy atom. The first-order valence-electron chi connectivity index (χ1n) is 5.84. The van der Waals surface area contributed by atoms with E-state index < -0.39 is 12.0 Å². The van der Waals surface area contributed by atoms with Gasteiger partial charge in [0.15, 0.2) is 0 Å². The summed E-state index contributed by atoms with van der Waals surface area (Å²) in [5.41, 5.74) is 0. The average Bonchev–Trinajstić information content (AvgIpc) is 2.97.